The van der Waals surface area contributed by atoms with Gasteiger partial charge in [0.1, 0.15) is 11.5 Å². The number of aromatic nitrogens is 1. The van der Waals surface area contributed by atoms with Crippen LogP contribution in [0.5, 0.6) is 28.7 Å². The molecule has 1 fully saturated rings. The van der Waals surface area contributed by atoms with Crippen LogP contribution in [0.3, 0.4) is 0 Å². The molecule has 0 aliphatic carbocycles. The van der Waals surface area contributed by atoms with Gasteiger partial charge in [0.05, 0.1) is 32.9 Å². The second kappa shape index (κ2) is 9.73. The molecule has 3 aromatic rings. The lowest BCUT2D eigenvalue weighted by atomic mass is 9.93. The number of rotatable bonds is 7. The number of Topliss-reactive ketones (excluding diaryl/α,β-unsaturated/α-hetero) is 1. The number of pyridine rings is 1. The van der Waals surface area contributed by atoms with Crippen molar-refractivity contribution in [3.05, 3.63) is 77.1 Å². The van der Waals surface area contributed by atoms with Crippen molar-refractivity contribution in [1.82, 2.24) is 9.88 Å². The standard InChI is InChI=1S/C27H24N2O8/c1-33-17-6-4-5-16(11-17)22(30)20-21(29(27(32)23(20)31)13-15-7-9-28-10-8-15)18-12-19(34-2)25-26(24(18)35-3)37-14-36-25/h4-12,21,30H,13-14H2,1-3H3/t21-/m0/s1. The summed E-state index contributed by atoms with van der Waals surface area (Å²) < 4.78 is 27.7. The van der Waals surface area contributed by atoms with Gasteiger partial charge >= 0.3 is 0 Å². The SMILES string of the molecule is COc1cccc(C(O)=C2C(=O)C(=O)N(Cc3ccncc3)[C@H]2c2cc(OC)c3c(c2OC)OCO3)c1. The molecule has 1 aromatic heterocycles. The Hall–Kier alpha value is -4.73. The highest BCUT2D eigenvalue weighted by molar-refractivity contribution is 6.46. The zero-order chi connectivity index (χ0) is 26.1. The molecule has 190 valence electrons. The predicted octanol–water partition coefficient (Wildman–Crippen LogP) is 3.46. The van der Waals surface area contributed by atoms with E-state index >= 15 is 0 Å². The Bertz CT molecular complexity index is 1400. The van der Waals surface area contributed by atoms with Crippen LogP contribution >= 0.6 is 0 Å². The van der Waals surface area contributed by atoms with Crippen molar-refractivity contribution >= 4 is 17.4 Å². The Morgan fingerprint density at radius 2 is 1.78 bits per heavy atom. The van der Waals surface area contributed by atoms with E-state index in [2.05, 4.69) is 4.98 Å². The number of aliphatic hydroxyl groups excluding tert-OH is 1. The molecule has 2 aliphatic heterocycles. The van der Waals surface area contributed by atoms with Gasteiger partial charge in [-0.2, -0.15) is 0 Å². The smallest absolute Gasteiger partial charge is 0.295 e. The summed E-state index contributed by atoms with van der Waals surface area (Å²) in [5.41, 5.74) is 1.35. The molecular weight excluding hydrogens is 480 g/mol. The molecule has 1 N–H and O–H groups in total. The van der Waals surface area contributed by atoms with Gasteiger partial charge in [-0.1, -0.05) is 12.1 Å². The second-order valence-electron chi connectivity index (χ2n) is 8.28. The van der Waals surface area contributed by atoms with Gasteiger partial charge in [-0.05, 0) is 35.9 Å². The van der Waals surface area contributed by atoms with Crippen molar-refractivity contribution in [3.8, 4) is 28.7 Å². The molecule has 0 saturated carbocycles. The van der Waals surface area contributed by atoms with E-state index < -0.39 is 17.7 Å². The Kier molecular flexibility index (Phi) is 6.31. The monoisotopic (exact) mass is 504 g/mol. The molecule has 1 atom stereocenters. The number of methoxy groups -OCH3 is 3. The molecular formula is C27H24N2O8. The van der Waals surface area contributed by atoms with E-state index in [1.807, 2.05) is 0 Å². The van der Waals surface area contributed by atoms with Crippen LogP contribution in [0.1, 0.15) is 22.7 Å². The maximum absolute atomic E-state index is 13.5. The zero-order valence-electron chi connectivity index (χ0n) is 20.4. The number of fused-ring (bicyclic) bond motifs is 1. The van der Waals surface area contributed by atoms with Gasteiger partial charge < -0.3 is 33.7 Å². The second-order valence-corrected chi connectivity index (χ2v) is 8.28. The molecule has 1 saturated heterocycles. The molecule has 2 aliphatic rings. The average molecular weight is 504 g/mol. The summed E-state index contributed by atoms with van der Waals surface area (Å²) in [6, 6.07) is 10.7. The number of ketones is 1. The predicted molar refractivity (Wildman–Crippen MR) is 131 cm³/mol. The van der Waals surface area contributed by atoms with E-state index in [1.165, 1.54) is 26.2 Å². The maximum atomic E-state index is 13.5. The Labute approximate surface area is 212 Å². The molecule has 10 heteroatoms. The lowest BCUT2D eigenvalue weighted by molar-refractivity contribution is -0.140. The minimum Gasteiger partial charge on any atom is -0.507 e. The summed E-state index contributed by atoms with van der Waals surface area (Å²) in [6.07, 6.45) is 3.20. The molecule has 10 nitrogen and oxygen atoms in total. The molecule has 2 aromatic carbocycles. The third-order valence-corrected chi connectivity index (χ3v) is 6.30. The number of ether oxygens (including phenoxy) is 5. The van der Waals surface area contributed by atoms with Crippen LogP contribution in [0, 0.1) is 0 Å². The fourth-order valence-electron chi connectivity index (χ4n) is 4.58. The van der Waals surface area contributed by atoms with E-state index in [1.54, 1.807) is 54.9 Å². The highest BCUT2D eigenvalue weighted by Gasteiger charge is 2.48. The fourth-order valence-corrected chi connectivity index (χ4v) is 4.58. The van der Waals surface area contributed by atoms with Crippen LogP contribution in [-0.4, -0.2) is 54.8 Å². The quantitative estimate of drug-likeness (QED) is 0.293. The lowest BCUT2D eigenvalue weighted by Crippen LogP contribution is -2.29. The number of hydrogen-bond donors (Lipinski definition) is 1. The van der Waals surface area contributed by atoms with Gasteiger partial charge in [0.2, 0.25) is 18.3 Å². The first-order valence-corrected chi connectivity index (χ1v) is 11.3. The first kappa shape index (κ1) is 24.0. The largest absolute Gasteiger partial charge is 0.507 e. The summed E-state index contributed by atoms with van der Waals surface area (Å²) in [5, 5.41) is 11.4. The van der Waals surface area contributed by atoms with Crippen LogP contribution in [0.2, 0.25) is 0 Å². The molecule has 0 spiro atoms. The first-order valence-electron chi connectivity index (χ1n) is 11.3. The summed E-state index contributed by atoms with van der Waals surface area (Å²) in [7, 11) is 4.42. The van der Waals surface area contributed by atoms with Gasteiger partial charge in [0, 0.05) is 30.1 Å². The average Bonchev–Trinajstić information content (AvgIpc) is 3.52. The van der Waals surface area contributed by atoms with E-state index in [0.29, 0.717) is 28.4 Å². The van der Waals surface area contributed by atoms with E-state index in [0.717, 1.165) is 5.56 Å². The van der Waals surface area contributed by atoms with E-state index in [4.69, 9.17) is 23.7 Å². The number of amides is 1. The van der Waals surface area contributed by atoms with E-state index in [9.17, 15) is 14.7 Å². The molecule has 0 radical (unpaired) electrons. The molecule has 0 bridgehead atoms. The van der Waals surface area contributed by atoms with Gasteiger partial charge in [0.15, 0.2) is 11.5 Å². The zero-order valence-corrected chi connectivity index (χ0v) is 20.4. The van der Waals surface area contributed by atoms with Gasteiger partial charge in [-0.3, -0.25) is 14.6 Å². The van der Waals surface area contributed by atoms with Crippen LogP contribution in [0.25, 0.3) is 5.76 Å². The first-order chi connectivity index (χ1) is 18.0. The van der Waals surface area contributed by atoms with E-state index in [-0.39, 0.29) is 36.2 Å². The van der Waals surface area contributed by atoms with Crippen molar-refractivity contribution < 1.29 is 38.4 Å². The number of carbonyl (C=O) groups is 2. The fraction of sp³-hybridized carbons (Fsp3) is 0.222. The Morgan fingerprint density at radius 3 is 2.49 bits per heavy atom. The molecule has 3 heterocycles. The lowest BCUT2D eigenvalue weighted by Gasteiger charge is -2.27. The Morgan fingerprint density at radius 1 is 1.03 bits per heavy atom. The minimum atomic E-state index is -1.03. The van der Waals surface area contributed by atoms with Crippen LogP contribution in [0.15, 0.2) is 60.4 Å². The Balaban J connectivity index is 1.76. The summed E-state index contributed by atoms with van der Waals surface area (Å²) in [4.78, 5) is 32.3. The van der Waals surface area contributed by atoms with Crippen LogP contribution in [-0.2, 0) is 16.1 Å². The normalized spacial score (nSPS) is 17.7. The molecule has 5 rings (SSSR count). The minimum absolute atomic E-state index is 0.0491. The molecule has 1 amide bonds. The number of benzene rings is 2. The van der Waals surface area contributed by atoms with Crippen molar-refractivity contribution in [2.75, 3.05) is 28.1 Å². The summed E-state index contributed by atoms with van der Waals surface area (Å²) >= 11 is 0. The number of nitrogens with zero attached hydrogens (tertiary/aromatic N) is 2. The van der Waals surface area contributed by atoms with Crippen molar-refractivity contribution in [2.45, 2.75) is 12.6 Å². The number of likely N-dealkylation sites (tertiary alicyclic amines) is 1. The topological polar surface area (TPSA) is 117 Å². The van der Waals surface area contributed by atoms with Gasteiger partial charge in [0.25, 0.3) is 11.7 Å². The highest BCUT2D eigenvalue weighted by atomic mass is 16.7. The van der Waals surface area contributed by atoms with Gasteiger partial charge in [-0.15, -0.1) is 0 Å². The van der Waals surface area contributed by atoms with Crippen LogP contribution in [0.4, 0.5) is 0 Å². The van der Waals surface area contributed by atoms with Crippen molar-refractivity contribution in [3.63, 3.8) is 0 Å². The van der Waals surface area contributed by atoms with Crippen LogP contribution < -0.4 is 23.7 Å². The third kappa shape index (κ3) is 4.06. The summed E-state index contributed by atoms with van der Waals surface area (Å²) in [6.45, 7) is 0.0269. The molecule has 0 unspecified atom stereocenters. The van der Waals surface area contributed by atoms with Crippen molar-refractivity contribution in [2.24, 2.45) is 0 Å². The highest BCUT2D eigenvalue weighted by Crippen LogP contribution is 2.54. The summed E-state index contributed by atoms with van der Waals surface area (Å²) in [5.74, 6) is -0.250. The van der Waals surface area contributed by atoms with Crippen molar-refractivity contribution in [1.29, 1.82) is 0 Å². The maximum Gasteiger partial charge on any atom is 0.295 e. The van der Waals surface area contributed by atoms with Gasteiger partial charge in [-0.25, -0.2) is 0 Å². The third-order valence-electron chi connectivity index (χ3n) is 6.30. The number of hydrogen-bond acceptors (Lipinski definition) is 9. The molecule has 37 heavy (non-hydrogen) atoms. The number of carbonyl (C=O) groups excluding carboxylic acids is 2. The number of aliphatic hydroxyl groups is 1.